The van der Waals surface area contributed by atoms with Crippen molar-refractivity contribution in [3.8, 4) is 0 Å². The van der Waals surface area contributed by atoms with Gasteiger partial charge in [0.15, 0.2) is 0 Å². The van der Waals surface area contributed by atoms with E-state index in [1.807, 2.05) is 6.92 Å². The SMILES string of the molecule is CC(N)Cc1csc(CC(C)(C)C)n1. The third-order valence-electron chi connectivity index (χ3n) is 1.81. The van der Waals surface area contributed by atoms with E-state index in [0.717, 1.165) is 18.5 Å². The Bertz CT molecular complexity index is 284. The molecule has 0 aliphatic rings. The van der Waals surface area contributed by atoms with E-state index in [-0.39, 0.29) is 6.04 Å². The fourth-order valence-corrected chi connectivity index (χ4v) is 2.41. The molecule has 0 saturated heterocycles. The molecule has 0 aliphatic carbocycles. The quantitative estimate of drug-likeness (QED) is 0.836. The van der Waals surface area contributed by atoms with Crippen LogP contribution < -0.4 is 5.73 Å². The maximum atomic E-state index is 5.73. The van der Waals surface area contributed by atoms with E-state index in [1.54, 1.807) is 11.3 Å². The van der Waals surface area contributed by atoms with Crippen molar-refractivity contribution in [3.63, 3.8) is 0 Å². The molecule has 14 heavy (non-hydrogen) atoms. The molecule has 1 heterocycles. The van der Waals surface area contributed by atoms with Crippen LogP contribution in [0.15, 0.2) is 5.38 Å². The standard InChI is InChI=1S/C11H20N2S/c1-8(12)5-9-7-14-10(13-9)6-11(2,3)4/h7-8H,5-6,12H2,1-4H3. The first-order valence-corrected chi connectivity index (χ1v) is 5.93. The second-order valence-corrected chi connectivity index (χ2v) is 6.09. The van der Waals surface area contributed by atoms with Crippen LogP contribution in [-0.2, 0) is 12.8 Å². The number of aromatic nitrogens is 1. The highest BCUT2D eigenvalue weighted by molar-refractivity contribution is 7.09. The molecule has 1 atom stereocenters. The van der Waals surface area contributed by atoms with E-state index in [1.165, 1.54) is 5.01 Å². The van der Waals surface area contributed by atoms with E-state index in [2.05, 4.69) is 31.1 Å². The Hall–Kier alpha value is -0.410. The van der Waals surface area contributed by atoms with Crippen LogP contribution in [-0.4, -0.2) is 11.0 Å². The van der Waals surface area contributed by atoms with Gasteiger partial charge in [-0.15, -0.1) is 11.3 Å². The minimum atomic E-state index is 0.208. The Morgan fingerprint density at radius 2 is 2.14 bits per heavy atom. The first-order valence-electron chi connectivity index (χ1n) is 5.06. The average Bonchev–Trinajstić information content (AvgIpc) is 2.30. The molecule has 0 amide bonds. The molecule has 1 unspecified atom stereocenters. The lowest BCUT2D eigenvalue weighted by atomic mass is 9.93. The van der Waals surface area contributed by atoms with Crippen molar-refractivity contribution < 1.29 is 0 Å². The van der Waals surface area contributed by atoms with Crippen LogP contribution in [0.1, 0.15) is 38.4 Å². The van der Waals surface area contributed by atoms with Crippen LogP contribution in [0.4, 0.5) is 0 Å². The highest BCUT2D eigenvalue weighted by Gasteiger charge is 2.14. The van der Waals surface area contributed by atoms with Crippen molar-refractivity contribution in [2.75, 3.05) is 0 Å². The van der Waals surface area contributed by atoms with Gasteiger partial charge in [0, 0.05) is 24.3 Å². The first kappa shape index (κ1) is 11.7. The number of nitrogens with zero attached hydrogens (tertiary/aromatic N) is 1. The van der Waals surface area contributed by atoms with Gasteiger partial charge >= 0.3 is 0 Å². The van der Waals surface area contributed by atoms with Gasteiger partial charge in [-0.1, -0.05) is 20.8 Å². The van der Waals surface area contributed by atoms with Gasteiger partial charge in [-0.3, -0.25) is 0 Å². The summed E-state index contributed by atoms with van der Waals surface area (Å²) in [5, 5.41) is 3.36. The number of hydrogen-bond acceptors (Lipinski definition) is 3. The van der Waals surface area contributed by atoms with Gasteiger partial charge in [0.2, 0.25) is 0 Å². The number of rotatable bonds is 3. The Balaban J connectivity index is 2.60. The Morgan fingerprint density at radius 3 is 2.64 bits per heavy atom. The third kappa shape index (κ3) is 4.20. The van der Waals surface area contributed by atoms with Gasteiger partial charge in [-0.05, 0) is 12.3 Å². The summed E-state index contributed by atoms with van der Waals surface area (Å²) in [6.07, 6.45) is 1.94. The summed E-state index contributed by atoms with van der Waals surface area (Å²) >= 11 is 1.75. The first-order chi connectivity index (χ1) is 6.37. The van der Waals surface area contributed by atoms with Gasteiger partial charge in [0.1, 0.15) is 0 Å². The average molecular weight is 212 g/mol. The monoisotopic (exact) mass is 212 g/mol. The molecule has 0 radical (unpaired) electrons. The third-order valence-corrected chi connectivity index (χ3v) is 2.71. The Kier molecular flexibility index (Phi) is 3.67. The molecular weight excluding hydrogens is 192 g/mol. The second-order valence-electron chi connectivity index (χ2n) is 5.15. The lowest BCUT2D eigenvalue weighted by molar-refractivity contribution is 0.410. The summed E-state index contributed by atoms with van der Waals surface area (Å²) in [4.78, 5) is 4.57. The predicted molar refractivity (Wildman–Crippen MR) is 62.6 cm³/mol. The van der Waals surface area contributed by atoms with Crippen LogP contribution in [0.25, 0.3) is 0 Å². The molecule has 0 aliphatic heterocycles. The largest absolute Gasteiger partial charge is 0.328 e. The molecule has 1 rings (SSSR count). The highest BCUT2D eigenvalue weighted by atomic mass is 32.1. The zero-order valence-electron chi connectivity index (χ0n) is 9.50. The minimum Gasteiger partial charge on any atom is -0.328 e. The zero-order chi connectivity index (χ0) is 10.8. The molecule has 0 aromatic carbocycles. The summed E-state index contributed by atoms with van der Waals surface area (Å²) in [5.41, 5.74) is 7.19. The molecule has 0 saturated carbocycles. The predicted octanol–water partition coefficient (Wildman–Crippen LogP) is 2.62. The van der Waals surface area contributed by atoms with Crippen molar-refractivity contribution in [1.82, 2.24) is 4.98 Å². The van der Waals surface area contributed by atoms with E-state index >= 15 is 0 Å². The summed E-state index contributed by atoms with van der Waals surface area (Å²) in [5.74, 6) is 0. The minimum absolute atomic E-state index is 0.208. The summed E-state index contributed by atoms with van der Waals surface area (Å²) < 4.78 is 0. The molecule has 0 spiro atoms. The van der Waals surface area contributed by atoms with Gasteiger partial charge in [0.25, 0.3) is 0 Å². The number of nitrogens with two attached hydrogens (primary N) is 1. The molecule has 0 bridgehead atoms. The Labute approximate surface area is 90.6 Å². The van der Waals surface area contributed by atoms with E-state index in [9.17, 15) is 0 Å². The van der Waals surface area contributed by atoms with Crippen LogP contribution in [0.5, 0.6) is 0 Å². The maximum absolute atomic E-state index is 5.73. The van der Waals surface area contributed by atoms with E-state index < -0.39 is 0 Å². The summed E-state index contributed by atoms with van der Waals surface area (Å²) in [7, 11) is 0. The van der Waals surface area contributed by atoms with Crippen molar-refractivity contribution >= 4 is 11.3 Å². The van der Waals surface area contributed by atoms with E-state index in [0.29, 0.717) is 5.41 Å². The molecule has 1 aromatic rings. The highest BCUT2D eigenvalue weighted by Crippen LogP contribution is 2.23. The van der Waals surface area contributed by atoms with Crippen molar-refractivity contribution in [3.05, 3.63) is 16.1 Å². The molecule has 1 aromatic heterocycles. The Morgan fingerprint density at radius 1 is 1.50 bits per heavy atom. The van der Waals surface area contributed by atoms with Crippen LogP contribution in [0.2, 0.25) is 0 Å². The number of thiazole rings is 1. The number of hydrogen-bond donors (Lipinski definition) is 1. The normalized spacial score (nSPS) is 14.4. The summed E-state index contributed by atoms with van der Waals surface area (Å²) in [6, 6.07) is 0.208. The topological polar surface area (TPSA) is 38.9 Å². The van der Waals surface area contributed by atoms with Crippen molar-refractivity contribution in [1.29, 1.82) is 0 Å². The van der Waals surface area contributed by atoms with Crippen LogP contribution >= 0.6 is 11.3 Å². The second kappa shape index (κ2) is 4.41. The van der Waals surface area contributed by atoms with E-state index in [4.69, 9.17) is 5.73 Å². The molecule has 3 heteroatoms. The fraction of sp³-hybridized carbons (Fsp3) is 0.727. The van der Waals surface area contributed by atoms with Gasteiger partial charge in [-0.2, -0.15) is 0 Å². The smallest absolute Gasteiger partial charge is 0.0933 e. The fourth-order valence-electron chi connectivity index (χ4n) is 1.31. The van der Waals surface area contributed by atoms with Crippen LogP contribution in [0, 0.1) is 5.41 Å². The van der Waals surface area contributed by atoms with Gasteiger partial charge in [0.05, 0.1) is 10.7 Å². The lowest BCUT2D eigenvalue weighted by Crippen LogP contribution is -2.18. The maximum Gasteiger partial charge on any atom is 0.0933 e. The molecule has 2 nitrogen and oxygen atoms in total. The lowest BCUT2D eigenvalue weighted by Gasteiger charge is -2.15. The van der Waals surface area contributed by atoms with Gasteiger partial charge < -0.3 is 5.73 Å². The van der Waals surface area contributed by atoms with Crippen molar-refractivity contribution in [2.45, 2.75) is 46.6 Å². The summed E-state index contributed by atoms with van der Waals surface area (Å²) in [6.45, 7) is 8.72. The molecule has 0 fully saturated rings. The van der Waals surface area contributed by atoms with Gasteiger partial charge in [-0.25, -0.2) is 4.98 Å². The van der Waals surface area contributed by atoms with Crippen molar-refractivity contribution in [2.24, 2.45) is 11.1 Å². The molecule has 80 valence electrons. The molecular formula is C11H20N2S. The zero-order valence-corrected chi connectivity index (χ0v) is 10.3. The van der Waals surface area contributed by atoms with Crippen LogP contribution in [0.3, 0.4) is 0 Å². The molecule has 2 N–H and O–H groups in total.